The number of rotatable bonds is 21. The number of fused-ring (bicyclic) bond motifs is 1. The van der Waals surface area contributed by atoms with E-state index in [1.165, 1.54) is 0 Å². The first-order valence-electron chi connectivity index (χ1n) is 16.8. The molecule has 0 radical (unpaired) electrons. The van der Waals surface area contributed by atoms with Gasteiger partial charge in [-0.2, -0.15) is 0 Å². The van der Waals surface area contributed by atoms with Crippen molar-refractivity contribution in [2.24, 2.45) is 0 Å². The standard InChI is InChI=1S/C30H46N4O9.2C2H6/c1-5-10-24(26(36)33-21-35)34-27(37)22-11-6-12-23(25(22)28(34)38)31-13-7-16-41-19-20-42-18-9-17-40-15-8-14-32-29(39)43-30(2,3)4;2*1-2/h6,11-12,21,24,31H,5,7-10,13-20H2,1-4H3,(H,32,39)(H,33,35,36);2*1-2H3. The lowest BCUT2D eigenvalue weighted by atomic mass is 10.1. The van der Waals surface area contributed by atoms with Gasteiger partial charge < -0.3 is 29.6 Å². The predicted molar refractivity (Wildman–Crippen MR) is 182 cm³/mol. The topological polar surface area (TPSA) is 162 Å². The second kappa shape index (κ2) is 25.5. The fourth-order valence-electron chi connectivity index (χ4n) is 4.30. The number of anilines is 1. The van der Waals surface area contributed by atoms with Crippen LogP contribution in [0.4, 0.5) is 10.5 Å². The molecule has 0 saturated heterocycles. The van der Waals surface area contributed by atoms with Gasteiger partial charge in [0.2, 0.25) is 12.3 Å². The Morgan fingerprint density at radius 3 is 2.00 bits per heavy atom. The number of alkyl carbamates (subject to hydrolysis) is 1. The Morgan fingerprint density at radius 2 is 1.43 bits per heavy atom. The molecular formula is C34H58N4O9. The van der Waals surface area contributed by atoms with Crippen molar-refractivity contribution >= 4 is 35.9 Å². The molecule has 1 aromatic rings. The number of carbonyl (C=O) groups excluding carboxylic acids is 5. The number of carbonyl (C=O) groups is 5. The van der Waals surface area contributed by atoms with E-state index in [0.717, 1.165) is 11.3 Å². The molecule has 1 atom stereocenters. The lowest BCUT2D eigenvalue weighted by Crippen LogP contribution is -2.49. The Hall–Kier alpha value is -3.55. The first-order valence-corrected chi connectivity index (χ1v) is 16.8. The van der Waals surface area contributed by atoms with E-state index < -0.39 is 35.5 Å². The number of nitrogens with one attached hydrogen (secondary N) is 3. The monoisotopic (exact) mass is 666 g/mol. The molecule has 2 rings (SSSR count). The van der Waals surface area contributed by atoms with Crippen LogP contribution >= 0.6 is 0 Å². The number of amides is 5. The smallest absolute Gasteiger partial charge is 0.407 e. The van der Waals surface area contributed by atoms with Crippen LogP contribution in [0.3, 0.4) is 0 Å². The Labute approximate surface area is 280 Å². The van der Waals surface area contributed by atoms with E-state index in [2.05, 4.69) is 16.0 Å². The van der Waals surface area contributed by atoms with Crippen molar-refractivity contribution in [3.05, 3.63) is 29.3 Å². The number of hydrogen-bond donors (Lipinski definition) is 3. The van der Waals surface area contributed by atoms with E-state index in [1.807, 2.05) is 55.4 Å². The summed E-state index contributed by atoms with van der Waals surface area (Å²) in [6, 6.07) is 3.90. The third kappa shape index (κ3) is 16.7. The highest BCUT2D eigenvalue weighted by molar-refractivity contribution is 6.25. The minimum atomic E-state index is -1.06. The molecule has 1 heterocycles. The lowest BCUT2D eigenvalue weighted by molar-refractivity contribution is -0.128. The highest BCUT2D eigenvalue weighted by Crippen LogP contribution is 2.31. The van der Waals surface area contributed by atoms with Crippen LogP contribution in [0.1, 0.15) is 108 Å². The Bertz CT molecular complexity index is 1080. The van der Waals surface area contributed by atoms with Gasteiger partial charge in [0.1, 0.15) is 11.6 Å². The fraction of sp³-hybridized carbons (Fsp3) is 0.676. The first kappa shape index (κ1) is 43.5. The Balaban J connectivity index is 0.00000508. The normalized spacial score (nSPS) is 12.6. The van der Waals surface area contributed by atoms with Gasteiger partial charge in [-0.05, 0) is 58.6 Å². The van der Waals surface area contributed by atoms with Crippen molar-refractivity contribution in [3.63, 3.8) is 0 Å². The van der Waals surface area contributed by atoms with Gasteiger partial charge in [0.15, 0.2) is 0 Å². The van der Waals surface area contributed by atoms with Crippen LogP contribution in [0, 0.1) is 0 Å². The number of benzene rings is 1. The zero-order chi connectivity index (χ0) is 35.7. The molecule has 1 aliphatic rings. The summed E-state index contributed by atoms with van der Waals surface area (Å²) in [5.41, 5.74) is 0.449. The van der Waals surface area contributed by atoms with Crippen molar-refractivity contribution < 1.29 is 42.9 Å². The maximum Gasteiger partial charge on any atom is 0.407 e. The summed E-state index contributed by atoms with van der Waals surface area (Å²) >= 11 is 0. The Morgan fingerprint density at radius 1 is 0.851 bits per heavy atom. The molecule has 5 amide bonds. The van der Waals surface area contributed by atoms with Gasteiger partial charge in [-0.15, -0.1) is 0 Å². The van der Waals surface area contributed by atoms with Gasteiger partial charge >= 0.3 is 6.09 Å². The van der Waals surface area contributed by atoms with Crippen LogP contribution in [0.15, 0.2) is 18.2 Å². The van der Waals surface area contributed by atoms with E-state index in [0.29, 0.717) is 77.7 Å². The quantitative estimate of drug-likeness (QED) is 0.0932. The molecule has 0 aromatic heterocycles. The van der Waals surface area contributed by atoms with Gasteiger partial charge in [-0.1, -0.05) is 47.1 Å². The highest BCUT2D eigenvalue weighted by Gasteiger charge is 2.43. The second-order valence-corrected chi connectivity index (χ2v) is 10.9. The summed E-state index contributed by atoms with van der Waals surface area (Å²) in [5.74, 6) is -1.79. The van der Waals surface area contributed by atoms with Crippen molar-refractivity contribution in [2.45, 2.75) is 99.1 Å². The van der Waals surface area contributed by atoms with Crippen LogP contribution in [0.2, 0.25) is 0 Å². The van der Waals surface area contributed by atoms with Gasteiger partial charge in [-0.3, -0.25) is 29.4 Å². The summed E-state index contributed by atoms with van der Waals surface area (Å²) in [6.45, 7) is 19.3. The van der Waals surface area contributed by atoms with E-state index in [1.54, 1.807) is 18.2 Å². The molecule has 268 valence electrons. The molecule has 1 unspecified atom stereocenters. The minimum Gasteiger partial charge on any atom is -0.444 e. The van der Waals surface area contributed by atoms with Gasteiger partial charge in [0.25, 0.3) is 11.8 Å². The number of imide groups is 2. The van der Waals surface area contributed by atoms with E-state index in [9.17, 15) is 24.0 Å². The van der Waals surface area contributed by atoms with Gasteiger partial charge in [0.05, 0.1) is 24.3 Å². The maximum atomic E-state index is 13.2. The maximum absolute atomic E-state index is 13.2. The van der Waals surface area contributed by atoms with Crippen LogP contribution < -0.4 is 16.0 Å². The third-order valence-corrected chi connectivity index (χ3v) is 6.19. The van der Waals surface area contributed by atoms with Crippen LogP contribution in [0.25, 0.3) is 0 Å². The fourth-order valence-corrected chi connectivity index (χ4v) is 4.30. The molecule has 3 N–H and O–H groups in total. The predicted octanol–water partition coefficient (Wildman–Crippen LogP) is 4.93. The second-order valence-electron chi connectivity index (χ2n) is 10.9. The summed E-state index contributed by atoms with van der Waals surface area (Å²) in [5, 5.41) is 7.94. The minimum absolute atomic E-state index is 0.225. The lowest BCUT2D eigenvalue weighted by Gasteiger charge is -2.24. The summed E-state index contributed by atoms with van der Waals surface area (Å²) in [7, 11) is 0. The zero-order valence-corrected chi connectivity index (χ0v) is 29.7. The van der Waals surface area contributed by atoms with E-state index >= 15 is 0 Å². The van der Waals surface area contributed by atoms with Crippen molar-refractivity contribution in [2.75, 3.05) is 58.0 Å². The van der Waals surface area contributed by atoms with Crippen LogP contribution in [0.5, 0.6) is 0 Å². The average molecular weight is 667 g/mol. The van der Waals surface area contributed by atoms with Gasteiger partial charge in [0, 0.05) is 45.2 Å². The van der Waals surface area contributed by atoms with Crippen molar-refractivity contribution in [1.29, 1.82) is 0 Å². The molecule has 47 heavy (non-hydrogen) atoms. The molecule has 13 heteroatoms. The van der Waals surface area contributed by atoms with E-state index in [4.69, 9.17) is 18.9 Å². The third-order valence-electron chi connectivity index (χ3n) is 6.19. The molecule has 0 bridgehead atoms. The average Bonchev–Trinajstić information content (AvgIpc) is 3.30. The van der Waals surface area contributed by atoms with Crippen LogP contribution in [-0.2, 0) is 28.5 Å². The van der Waals surface area contributed by atoms with Crippen molar-refractivity contribution in [1.82, 2.24) is 15.5 Å². The number of hydrogen-bond acceptors (Lipinski definition) is 10. The molecule has 0 fully saturated rings. The molecular weight excluding hydrogens is 608 g/mol. The summed E-state index contributed by atoms with van der Waals surface area (Å²) < 4.78 is 21.8. The molecule has 0 saturated carbocycles. The highest BCUT2D eigenvalue weighted by atomic mass is 16.6. The molecule has 1 aliphatic heterocycles. The summed E-state index contributed by atoms with van der Waals surface area (Å²) in [6.07, 6.45) is 2.73. The van der Waals surface area contributed by atoms with Gasteiger partial charge in [-0.25, -0.2) is 4.79 Å². The molecule has 0 aliphatic carbocycles. The zero-order valence-electron chi connectivity index (χ0n) is 29.7. The SMILES string of the molecule is CC.CC.CCCC(C(=O)NC=O)N1C(=O)c2cccc(NCCCOCCOCCCOCCCNC(=O)OC(C)(C)C)c2C1=O. The van der Waals surface area contributed by atoms with Crippen LogP contribution in [-0.4, -0.2) is 99.5 Å². The molecule has 1 aromatic carbocycles. The Kier molecular flexibility index (Phi) is 23.6. The first-order chi connectivity index (χ1) is 22.6. The molecule has 13 nitrogen and oxygen atoms in total. The summed E-state index contributed by atoms with van der Waals surface area (Å²) in [4.78, 5) is 61.8. The number of nitrogens with zero attached hydrogens (tertiary/aromatic N) is 1. The largest absolute Gasteiger partial charge is 0.444 e. The van der Waals surface area contributed by atoms with E-state index in [-0.39, 0.29) is 24.0 Å². The molecule has 0 spiro atoms. The van der Waals surface area contributed by atoms with Crippen molar-refractivity contribution in [3.8, 4) is 0 Å². The number of ether oxygens (including phenoxy) is 4.